The molecule has 0 bridgehead atoms. The van der Waals surface area contributed by atoms with Gasteiger partial charge in [0.1, 0.15) is 0 Å². The molecule has 2 N–H and O–H groups in total. The molecule has 1 aliphatic rings. The summed E-state index contributed by atoms with van der Waals surface area (Å²) in [5, 5.41) is 12.8. The number of methoxy groups -OCH3 is 1. The van der Waals surface area contributed by atoms with Crippen LogP contribution in [-0.2, 0) is 6.54 Å². The van der Waals surface area contributed by atoms with Gasteiger partial charge in [0.2, 0.25) is 5.82 Å². The van der Waals surface area contributed by atoms with Crippen molar-refractivity contribution in [2.75, 3.05) is 33.3 Å². The van der Waals surface area contributed by atoms with Crippen LogP contribution in [0.3, 0.4) is 0 Å². The van der Waals surface area contributed by atoms with Gasteiger partial charge >= 0.3 is 0 Å². The average molecular weight is 319 g/mol. The van der Waals surface area contributed by atoms with Gasteiger partial charge in [0.05, 0.1) is 11.6 Å². The highest BCUT2D eigenvalue weighted by Gasteiger charge is 2.20. The van der Waals surface area contributed by atoms with Crippen LogP contribution in [0.25, 0.3) is 0 Å². The second-order valence-corrected chi connectivity index (χ2v) is 5.09. The Hall–Kier alpha value is -0.850. The molecule has 18 heavy (non-hydrogen) atoms. The number of aromatic hydroxyl groups is 1. The average Bonchev–Trinajstić information content (AvgIpc) is 2.38. The summed E-state index contributed by atoms with van der Waals surface area (Å²) >= 11 is 3.15. The summed E-state index contributed by atoms with van der Waals surface area (Å²) in [7, 11) is 1.41. The largest absolute Gasteiger partial charge is 0.504 e. The van der Waals surface area contributed by atoms with Crippen LogP contribution < -0.4 is 10.1 Å². The fraction of sp³-hybridized carbons (Fsp3) is 0.500. The quantitative estimate of drug-likeness (QED) is 0.890. The summed E-state index contributed by atoms with van der Waals surface area (Å²) in [4.78, 5) is 2.22. The highest BCUT2D eigenvalue weighted by atomic mass is 79.9. The second-order valence-electron chi connectivity index (χ2n) is 4.24. The first-order valence-corrected chi connectivity index (χ1v) is 6.59. The molecular weight excluding hydrogens is 303 g/mol. The van der Waals surface area contributed by atoms with Crippen molar-refractivity contribution in [3.63, 3.8) is 0 Å². The molecule has 0 aromatic heterocycles. The van der Waals surface area contributed by atoms with Crippen LogP contribution in [0.5, 0.6) is 11.5 Å². The van der Waals surface area contributed by atoms with Gasteiger partial charge in [-0.25, -0.2) is 0 Å². The number of phenols is 1. The van der Waals surface area contributed by atoms with Crippen LogP contribution in [0.1, 0.15) is 5.56 Å². The Morgan fingerprint density at radius 2 is 2.17 bits per heavy atom. The van der Waals surface area contributed by atoms with Crippen molar-refractivity contribution in [1.82, 2.24) is 10.2 Å². The Labute approximate surface area is 114 Å². The second kappa shape index (κ2) is 5.86. The molecule has 0 aliphatic carbocycles. The standard InChI is InChI=1S/C12H16BrFN2O2/c1-18-12-8(6-9(13)11(17)10(12)14)7-16-4-2-15-3-5-16/h6,15,17H,2-5,7H2,1H3. The lowest BCUT2D eigenvalue weighted by atomic mass is 10.1. The van der Waals surface area contributed by atoms with Gasteiger partial charge in [-0.15, -0.1) is 0 Å². The van der Waals surface area contributed by atoms with E-state index >= 15 is 0 Å². The third kappa shape index (κ3) is 2.76. The Morgan fingerprint density at radius 1 is 1.50 bits per heavy atom. The van der Waals surface area contributed by atoms with Crippen molar-refractivity contribution in [2.24, 2.45) is 0 Å². The lowest BCUT2D eigenvalue weighted by molar-refractivity contribution is 0.228. The number of phenolic OH excluding ortho intramolecular Hbond substituents is 1. The SMILES string of the molecule is COc1c(CN2CCNCC2)cc(Br)c(O)c1F. The van der Waals surface area contributed by atoms with Crippen LogP contribution in [0.4, 0.5) is 4.39 Å². The molecule has 0 saturated carbocycles. The van der Waals surface area contributed by atoms with Crippen molar-refractivity contribution in [1.29, 1.82) is 0 Å². The topological polar surface area (TPSA) is 44.7 Å². The maximum absolute atomic E-state index is 13.8. The van der Waals surface area contributed by atoms with Crippen molar-refractivity contribution < 1.29 is 14.2 Å². The minimum absolute atomic E-state index is 0.120. The predicted molar refractivity (Wildman–Crippen MR) is 70.5 cm³/mol. The molecular formula is C12H16BrFN2O2. The van der Waals surface area contributed by atoms with E-state index in [0.29, 0.717) is 11.0 Å². The number of nitrogens with zero attached hydrogens (tertiary/aromatic N) is 1. The smallest absolute Gasteiger partial charge is 0.208 e. The van der Waals surface area contributed by atoms with Crippen LogP contribution in [0.15, 0.2) is 10.5 Å². The first-order chi connectivity index (χ1) is 8.63. The molecule has 1 aromatic carbocycles. The maximum Gasteiger partial charge on any atom is 0.208 e. The number of piperazine rings is 1. The van der Waals surface area contributed by atoms with E-state index in [1.165, 1.54) is 7.11 Å². The van der Waals surface area contributed by atoms with Crippen LogP contribution in [-0.4, -0.2) is 43.3 Å². The number of benzene rings is 1. The molecule has 4 nitrogen and oxygen atoms in total. The molecule has 1 aliphatic heterocycles. The molecule has 0 spiro atoms. The van der Waals surface area contributed by atoms with Gasteiger partial charge in [0.15, 0.2) is 11.5 Å². The van der Waals surface area contributed by atoms with Crippen molar-refractivity contribution in [2.45, 2.75) is 6.54 Å². The number of hydrogen-bond donors (Lipinski definition) is 2. The molecule has 0 amide bonds. The Balaban J connectivity index is 2.25. The summed E-state index contributed by atoms with van der Waals surface area (Å²) < 4.78 is 19.2. The lowest BCUT2D eigenvalue weighted by Crippen LogP contribution is -2.42. The molecule has 1 aromatic rings. The molecule has 1 fully saturated rings. The van der Waals surface area contributed by atoms with Gasteiger partial charge in [-0.1, -0.05) is 0 Å². The minimum atomic E-state index is -0.711. The molecule has 1 saturated heterocycles. The fourth-order valence-corrected chi connectivity index (χ4v) is 2.54. The highest BCUT2D eigenvalue weighted by molar-refractivity contribution is 9.10. The zero-order chi connectivity index (χ0) is 13.1. The monoisotopic (exact) mass is 318 g/mol. The van der Waals surface area contributed by atoms with Gasteiger partial charge < -0.3 is 15.2 Å². The summed E-state index contributed by atoms with van der Waals surface area (Å²) in [6, 6.07) is 1.71. The van der Waals surface area contributed by atoms with Gasteiger partial charge in [-0.2, -0.15) is 4.39 Å². The van der Waals surface area contributed by atoms with Gasteiger partial charge in [0.25, 0.3) is 0 Å². The molecule has 0 unspecified atom stereocenters. The summed E-state index contributed by atoms with van der Waals surface area (Å²) in [6.45, 7) is 4.32. The summed E-state index contributed by atoms with van der Waals surface area (Å²) in [5.41, 5.74) is 0.738. The Morgan fingerprint density at radius 3 is 2.78 bits per heavy atom. The number of rotatable bonds is 3. The lowest BCUT2D eigenvalue weighted by Gasteiger charge is -2.28. The molecule has 6 heteroatoms. The van der Waals surface area contributed by atoms with E-state index in [4.69, 9.17) is 4.74 Å². The molecule has 0 atom stereocenters. The predicted octanol–water partition coefficient (Wildman–Crippen LogP) is 1.71. The van der Waals surface area contributed by atoms with Crippen LogP contribution >= 0.6 is 15.9 Å². The zero-order valence-corrected chi connectivity index (χ0v) is 11.8. The third-order valence-corrected chi connectivity index (χ3v) is 3.64. The van der Waals surface area contributed by atoms with E-state index < -0.39 is 11.6 Å². The summed E-state index contributed by atoms with van der Waals surface area (Å²) in [5.74, 6) is -0.998. The van der Waals surface area contributed by atoms with E-state index in [-0.39, 0.29) is 5.75 Å². The van der Waals surface area contributed by atoms with E-state index in [1.54, 1.807) is 6.07 Å². The first-order valence-electron chi connectivity index (χ1n) is 5.80. The Bertz CT molecular complexity index is 437. The molecule has 1 heterocycles. The normalized spacial score (nSPS) is 16.8. The minimum Gasteiger partial charge on any atom is -0.504 e. The number of ether oxygens (including phenoxy) is 1. The number of halogens is 2. The third-order valence-electron chi connectivity index (χ3n) is 3.03. The molecule has 100 valence electrons. The van der Waals surface area contributed by atoms with E-state index in [9.17, 15) is 9.50 Å². The van der Waals surface area contributed by atoms with Crippen molar-refractivity contribution in [3.05, 3.63) is 21.9 Å². The van der Waals surface area contributed by atoms with Crippen molar-refractivity contribution >= 4 is 15.9 Å². The van der Waals surface area contributed by atoms with Gasteiger partial charge in [-0.05, 0) is 22.0 Å². The number of nitrogens with one attached hydrogen (secondary N) is 1. The van der Waals surface area contributed by atoms with Crippen LogP contribution in [0, 0.1) is 5.82 Å². The molecule has 2 rings (SSSR count). The van der Waals surface area contributed by atoms with E-state index in [2.05, 4.69) is 26.1 Å². The van der Waals surface area contributed by atoms with E-state index in [1.807, 2.05) is 0 Å². The van der Waals surface area contributed by atoms with Gasteiger partial charge in [0, 0.05) is 38.3 Å². The molecule has 0 radical (unpaired) electrons. The van der Waals surface area contributed by atoms with Gasteiger partial charge in [-0.3, -0.25) is 4.90 Å². The van der Waals surface area contributed by atoms with E-state index in [0.717, 1.165) is 31.7 Å². The van der Waals surface area contributed by atoms with Crippen LogP contribution in [0.2, 0.25) is 0 Å². The maximum atomic E-state index is 13.8. The fourth-order valence-electron chi connectivity index (χ4n) is 2.09. The zero-order valence-electron chi connectivity index (χ0n) is 10.2. The summed E-state index contributed by atoms with van der Waals surface area (Å²) in [6.07, 6.45) is 0. The van der Waals surface area contributed by atoms with Crippen molar-refractivity contribution in [3.8, 4) is 11.5 Å². The first kappa shape index (κ1) is 13.6. The number of hydrogen-bond acceptors (Lipinski definition) is 4. The Kier molecular flexibility index (Phi) is 4.42. The highest BCUT2D eigenvalue weighted by Crippen LogP contribution is 2.36.